The molecule has 0 nitrogen and oxygen atoms in total. The third-order valence-electron chi connectivity index (χ3n) is 15.2. The van der Waals surface area contributed by atoms with Gasteiger partial charge in [-0.25, -0.2) is 0 Å². The molecule has 0 heteroatoms. The van der Waals surface area contributed by atoms with Gasteiger partial charge in [0, 0.05) is 0 Å². The molecule has 298 valence electrons. The maximum Gasteiger partial charge on any atom is 0.0737 e. The van der Waals surface area contributed by atoms with Crippen molar-refractivity contribution in [1.82, 2.24) is 0 Å². The van der Waals surface area contributed by atoms with Gasteiger partial charge in [-0.15, -0.1) is 0 Å². The van der Waals surface area contributed by atoms with Gasteiger partial charge in [0.05, 0.1) is 5.41 Å². The lowest BCUT2D eigenvalue weighted by atomic mass is 9.68. The fourth-order valence-corrected chi connectivity index (χ4v) is 12.8. The highest BCUT2D eigenvalue weighted by molar-refractivity contribution is 6.27. The van der Waals surface area contributed by atoms with Crippen molar-refractivity contribution >= 4 is 75.4 Å². The molecule has 0 unspecified atom stereocenters. The van der Waals surface area contributed by atoms with Crippen LogP contribution in [0.4, 0.5) is 0 Å². The summed E-state index contributed by atoms with van der Waals surface area (Å²) in [6.45, 7) is 0. The molecule has 13 aromatic rings. The predicted molar refractivity (Wildman–Crippen MR) is 276 cm³/mol. The average molecular weight is 819 g/mol. The third kappa shape index (κ3) is 4.46. The fourth-order valence-electron chi connectivity index (χ4n) is 12.8. The molecule has 0 fully saturated rings. The Morgan fingerprint density at radius 3 is 1.34 bits per heavy atom. The zero-order chi connectivity index (χ0) is 42.4. The van der Waals surface area contributed by atoms with Crippen molar-refractivity contribution in [3.63, 3.8) is 0 Å². The SMILES string of the molecule is c1ccc2c(c1)-c1ccccc1C21c2c(ccc3ccccc23)-c2c1c1ccc(-c3c4ccccc4c(-c4cc5ccccc5c5ccccc45)c4ccccc34)cc1c1ccccc21. The molecule has 1 spiro atoms. The first kappa shape index (κ1) is 35.2. The van der Waals surface area contributed by atoms with Gasteiger partial charge in [-0.05, 0) is 154 Å². The third-order valence-corrected chi connectivity index (χ3v) is 15.2. The Bertz CT molecular complexity index is 4140. The monoisotopic (exact) mass is 818 g/mol. The molecular weight excluding hydrogens is 781 g/mol. The summed E-state index contributed by atoms with van der Waals surface area (Å²) in [5, 5.41) is 17.9. The molecule has 0 N–H and O–H groups in total. The predicted octanol–water partition coefficient (Wildman–Crippen LogP) is 17.4. The van der Waals surface area contributed by atoms with E-state index >= 15 is 0 Å². The van der Waals surface area contributed by atoms with Crippen molar-refractivity contribution in [1.29, 1.82) is 0 Å². The minimum absolute atomic E-state index is 0.508. The van der Waals surface area contributed by atoms with E-state index in [4.69, 9.17) is 0 Å². The summed E-state index contributed by atoms with van der Waals surface area (Å²) in [5.41, 5.74) is 15.4. The van der Waals surface area contributed by atoms with Crippen LogP contribution < -0.4 is 0 Å². The van der Waals surface area contributed by atoms with Crippen molar-refractivity contribution < 1.29 is 0 Å². The van der Waals surface area contributed by atoms with Crippen LogP contribution >= 0.6 is 0 Å². The summed E-state index contributed by atoms with van der Waals surface area (Å²) < 4.78 is 0. The first-order valence-corrected chi connectivity index (χ1v) is 22.8. The molecule has 0 aromatic heterocycles. The van der Waals surface area contributed by atoms with Gasteiger partial charge in [-0.1, -0.05) is 218 Å². The highest BCUT2D eigenvalue weighted by Gasteiger charge is 2.53. The minimum Gasteiger partial charge on any atom is -0.0619 e. The summed E-state index contributed by atoms with van der Waals surface area (Å²) in [7, 11) is 0. The molecule has 0 heterocycles. The number of fused-ring (bicyclic) bond motifs is 22. The molecule has 0 radical (unpaired) electrons. The largest absolute Gasteiger partial charge is 0.0737 e. The molecule has 2 aliphatic carbocycles. The number of hydrogen-bond donors (Lipinski definition) is 0. The molecule has 0 saturated heterocycles. The lowest BCUT2D eigenvalue weighted by molar-refractivity contribution is 0.809. The van der Waals surface area contributed by atoms with E-state index in [-0.39, 0.29) is 0 Å². The zero-order valence-corrected chi connectivity index (χ0v) is 35.4. The van der Waals surface area contributed by atoms with E-state index in [0.29, 0.717) is 0 Å². The Hall–Kier alpha value is -8.32. The highest BCUT2D eigenvalue weighted by atomic mass is 14.5. The molecule has 0 saturated carbocycles. The standard InChI is InChI=1S/C65H38/c1-4-20-43-39(17-1)33-36-55-62-49-26-8-7-23-46(49)56-38-41(34-35-54(56)64(62)65(63(43)55)58-31-15-13-24-47(58)48-25-14-16-32-59(48)65)60-50-27-9-11-29-52(50)61(53-30-12-10-28-51(53)60)57-37-40-18-2-3-19-42(40)44-21-5-6-22-45(44)57/h1-38H. The summed E-state index contributed by atoms with van der Waals surface area (Å²) in [6.07, 6.45) is 0. The summed E-state index contributed by atoms with van der Waals surface area (Å²) >= 11 is 0. The van der Waals surface area contributed by atoms with Gasteiger partial charge in [0.1, 0.15) is 0 Å². The molecule has 65 heavy (non-hydrogen) atoms. The maximum absolute atomic E-state index is 2.53. The van der Waals surface area contributed by atoms with E-state index in [1.807, 2.05) is 0 Å². The second kappa shape index (κ2) is 12.9. The molecule has 2 aliphatic rings. The van der Waals surface area contributed by atoms with E-state index < -0.39 is 5.41 Å². The fraction of sp³-hybridized carbons (Fsp3) is 0.0154. The van der Waals surface area contributed by atoms with Crippen molar-refractivity contribution in [2.24, 2.45) is 0 Å². The van der Waals surface area contributed by atoms with Gasteiger partial charge in [-0.3, -0.25) is 0 Å². The van der Waals surface area contributed by atoms with Crippen LogP contribution in [0.25, 0.3) is 120 Å². The van der Waals surface area contributed by atoms with Crippen LogP contribution in [-0.4, -0.2) is 0 Å². The van der Waals surface area contributed by atoms with Crippen LogP contribution in [0.3, 0.4) is 0 Å². The van der Waals surface area contributed by atoms with E-state index in [0.717, 1.165) is 0 Å². The highest BCUT2D eigenvalue weighted by Crippen LogP contribution is 2.66. The van der Waals surface area contributed by atoms with E-state index in [9.17, 15) is 0 Å². The van der Waals surface area contributed by atoms with Crippen molar-refractivity contribution in [2.45, 2.75) is 5.41 Å². The van der Waals surface area contributed by atoms with Crippen molar-refractivity contribution in [2.75, 3.05) is 0 Å². The van der Waals surface area contributed by atoms with Crippen LogP contribution in [-0.2, 0) is 5.41 Å². The Kier molecular flexibility index (Phi) is 6.97. The smallest absolute Gasteiger partial charge is 0.0619 e. The topological polar surface area (TPSA) is 0 Å². The Morgan fingerprint density at radius 2 is 0.692 bits per heavy atom. The van der Waals surface area contributed by atoms with Gasteiger partial charge in [0.2, 0.25) is 0 Å². The number of hydrogen-bond acceptors (Lipinski definition) is 0. The molecule has 15 rings (SSSR count). The Morgan fingerprint density at radius 1 is 0.215 bits per heavy atom. The molecule has 0 amide bonds. The van der Waals surface area contributed by atoms with E-state index in [2.05, 4.69) is 231 Å². The number of benzene rings is 13. The lowest BCUT2D eigenvalue weighted by Crippen LogP contribution is -2.26. The van der Waals surface area contributed by atoms with Gasteiger partial charge in [0.15, 0.2) is 0 Å². The molecular formula is C65H38. The molecule has 0 bridgehead atoms. The van der Waals surface area contributed by atoms with Gasteiger partial charge in [-0.2, -0.15) is 0 Å². The first-order valence-electron chi connectivity index (χ1n) is 22.8. The van der Waals surface area contributed by atoms with Crippen LogP contribution in [0.15, 0.2) is 231 Å². The number of rotatable bonds is 2. The van der Waals surface area contributed by atoms with Crippen LogP contribution in [0, 0.1) is 0 Å². The summed E-state index contributed by atoms with van der Waals surface area (Å²) in [4.78, 5) is 0. The van der Waals surface area contributed by atoms with Crippen molar-refractivity contribution in [3.8, 4) is 44.5 Å². The average Bonchev–Trinajstić information content (AvgIpc) is 3.86. The van der Waals surface area contributed by atoms with Gasteiger partial charge in [0.25, 0.3) is 0 Å². The first-order chi connectivity index (χ1) is 32.3. The second-order valence-electron chi connectivity index (χ2n) is 18.1. The van der Waals surface area contributed by atoms with Gasteiger partial charge < -0.3 is 0 Å². The normalized spacial score (nSPS) is 13.4. The van der Waals surface area contributed by atoms with Crippen molar-refractivity contribution in [3.05, 3.63) is 253 Å². The summed E-state index contributed by atoms with van der Waals surface area (Å²) in [5.74, 6) is 0. The quantitative estimate of drug-likeness (QED) is 0.120. The van der Waals surface area contributed by atoms with Gasteiger partial charge >= 0.3 is 0 Å². The van der Waals surface area contributed by atoms with Crippen LogP contribution in [0.1, 0.15) is 22.3 Å². The zero-order valence-electron chi connectivity index (χ0n) is 35.4. The maximum atomic E-state index is 2.53. The van der Waals surface area contributed by atoms with Crippen LogP contribution in [0.5, 0.6) is 0 Å². The van der Waals surface area contributed by atoms with E-state index in [1.54, 1.807) is 0 Å². The minimum atomic E-state index is -0.508. The van der Waals surface area contributed by atoms with Crippen LogP contribution in [0.2, 0.25) is 0 Å². The second-order valence-corrected chi connectivity index (χ2v) is 18.1. The Labute approximate surface area is 376 Å². The summed E-state index contributed by atoms with van der Waals surface area (Å²) in [6, 6.07) is 87.2. The molecule has 0 aliphatic heterocycles. The molecule has 13 aromatic carbocycles. The molecule has 0 atom stereocenters. The van der Waals surface area contributed by atoms with E-state index in [1.165, 1.54) is 142 Å². The lowest BCUT2D eigenvalue weighted by Gasteiger charge is -2.32. The Balaban J connectivity index is 1.08.